The number of aromatic nitrogens is 2. The number of anilines is 2. The van der Waals surface area contributed by atoms with Gasteiger partial charge in [0.1, 0.15) is 11.4 Å². The predicted octanol–water partition coefficient (Wildman–Crippen LogP) is 5.09. The lowest BCUT2D eigenvalue weighted by atomic mass is 10.1. The van der Waals surface area contributed by atoms with Crippen molar-refractivity contribution in [3.63, 3.8) is 0 Å². The zero-order valence-corrected chi connectivity index (χ0v) is 15.6. The molecule has 4 aromatic rings. The van der Waals surface area contributed by atoms with Crippen molar-refractivity contribution in [3.8, 4) is 0 Å². The maximum Gasteiger partial charge on any atom is 0.339 e. The SMILES string of the molecule is CCc1cnc(Nc2ccc3c(ccn3Cc3ccccc3)c2)c(C(=O)O)c1. The molecule has 0 fully saturated rings. The summed E-state index contributed by atoms with van der Waals surface area (Å²) in [5, 5.41) is 13.7. The number of aryl methyl sites for hydroxylation is 1. The lowest BCUT2D eigenvalue weighted by molar-refractivity contribution is 0.0697. The first-order chi connectivity index (χ1) is 13.6. The van der Waals surface area contributed by atoms with Crippen LogP contribution < -0.4 is 5.32 Å². The number of nitrogens with one attached hydrogen (secondary N) is 1. The van der Waals surface area contributed by atoms with E-state index in [1.165, 1.54) is 5.56 Å². The Bertz CT molecular complexity index is 1130. The van der Waals surface area contributed by atoms with Crippen LogP contribution in [0.15, 0.2) is 73.1 Å². The van der Waals surface area contributed by atoms with Gasteiger partial charge < -0.3 is 15.0 Å². The molecule has 0 unspecified atom stereocenters. The molecule has 5 nitrogen and oxygen atoms in total. The van der Waals surface area contributed by atoms with Crippen LogP contribution in [0.5, 0.6) is 0 Å². The number of hydrogen-bond donors (Lipinski definition) is 2. The van der Waals surface area contributed by atoms with Crippen LogP contribution in [0.4, 0.5) is 11.5 Å². The van der Waals surface area contributed by atoms with Crippen LogP contribution in [-0.4, -0.2) is 20.6 Å². The highest BCUT2D eigenvalue weighted by Gasteiger charge is 2.13. The average molecular weight is 371 g/mol. The minimum Gasteiger partial charge on any atom is -0.478 e. The Morgan fingerprint density at radius 1 is 1.07 bits per heavy atom. The van der Waals surface area contributed by atoms with Gasteiger partial charge in [0.15, 0.2) is 0 Å². The monoisotopic (exact) mass is 371 g/mol. The van der Waals surface area contributed by atoms with Crippen LogP contribution in [0.3, 0.4) is 0 Å². The first-order valence-electron chi connectivity index (χ1n) is 9.26. The number of carboxylic acid groups (broad SMARTS) is 1. The molecule has 0 spiro atoms. The molecule has 0 radical (unpaired) electrons. The summed E-state index contributed by atoms with van der Waals surface area (Å²) in [5.41, 5.74) is 4.26. The summed E-state index contributed by atoms with van der Waals surface area (Å²) in [6.07, 6.45) is 4.52. The Kier molecular flexibility index (Phi) is 4.81. The van der Waals surface area contributed by atoms with Gasteiger partial charge in [-0.1, -0.05) is 37.3 Å². The van der Waals surface area contributed by atoms with E-state index in [1.54, 1.807) is 12.3 Å². The normalized spacial score (nSPS) is 10.9. The van der Waals surface area contributed by atoms with Gasteiger partial charge >= 0.3 is 5.97 Å². The maximum atomic E-state index is 11.6. The number of nitrogens with zero attached hydrogens (tertiary/aromatic N) is 2. The van der Waals surface area contributed by atoms with E-state index in [2.05, 4.69) is 39.3 Å². The molecule has 0 bridgehead atoms. The zero-order chi connectivity index (χ0) is 19.5. The van der Waals surface area contributed by atoms with Gasteiger partial charge in [0.05, 0.1) is 0 Å². The summed E-state index contributed by atoms with van der Waals surface area (Å²) >= 11 is 0. The molecule has 2 aromatic heterocycles. The van der Waals surface area contributed by atoms with Gasteiger partial charge in [-0.2, -0.15) is 0 Å². The van der Waals surface area contributed by atoms with Crippen molar-refractivity contribution in [2.45, 2.75) is 19.9 Å². The van der Waals surface area contributed by atoms with Crippen LogP contribution in [-0.2, 0) is 13.0 Å². The molecule has 0 aliphatic rings. The van der Waals surface area contributed by atoms with Crippen LogP contribution in [0.2, 0.25) is 0 Å². The molecule has 0 saturated carbocycles. The summed E-state index contributed by atoms with van der Waals surface area (Å²) < 4.78 is 2.20. The number of aromatic carboxylic acids is 1. The molecular formula is C23H21N3O2. The molecule has 5 heteroatoms. The molecule has 140 valence electrons. The molecule has 4 rings (SSSR count). The van der Waals surface area contributed by atoms with Crippen molar-refractivity contribution in [1.29, 1.82) is 0 Å². The van der Waals surface area contributed by atoms with Gasteiger partial charge in [-0.25, -0.2) is 9.78 Å². The standard InChI is InChI=1S/C23H21N3O2/c1-2-16-12-20(23(27)28)22(24-14-16)25-19-8-9-21-18(13-19)10-11-26(21)15-17-6-4-3-5-7-17/h3-14H,2,15H2,1H3,(H,24,25)(H,27,28). The van der Waals surface area contributed by atoms with Gasteiger partial charge in [0, 0.05) is 35.5 Å². The van der Waals surface area contributed by atoms with E-state index < -0.39 is 5.97 Å². The van der Waals surface area contributed by atoms with Gasteiger partial charge in [0.25, 0.3) is 0 Å². The number of carboxylic acids is 1. The van der Waals surface area contributed by atoms with Crippen molar-refractivity contribution in [2.24, 2.45) is 0 Å². The van der Waals surface area contributed by atoms with Gasteiger partial charge in [-0.3, -0.25) is 0 Å². The Morgan fingerprint density at radius 2 is 1.89 bits per heavy atom. The summed E-state index contributed by atoms with van der Waals surface area (Å²) in [5.74, 6) is -0.631. The van der Waals surface area contributed by atoms with Crippen molar-refractivity contribution < 1.29 is 9.90 Å². The van der Waals surface area contributed by atoms with Gasteiger partial charge in [-0.15, -0.1) is 0 Å². The third kappa shape index (κ3) is 3.60. The quantitative estimate of drug-likeness (QED) is 0.495. The Hall–Kier alpha value is -3.60. The molecule has 0 amide bonds. The largest absolute Gasteiger partial charge is 0.478 e. The maximum absolute atomic E-state index is 11.6. The molecule has 0 saturated heterocycles. The fraction of sp³-hybridized carbons (Fsp3) is 0.130. The van der Waals surface area contributed by atoms with Crippen LogP contribution in [0, 0.1) is 0 Å². The fourth-order valence-corrected chi connectivity index (χ4v) is 3.30. The molecule has 2 N–H and O–H groups in total. The number of fused-ring (bicyclic) bond motifs is 1. The first-order valence-corrected chi connectivity index (χ1v) is 9.26. The molecule has 2 heterocycles. The summed E-state index contributed by atoms with van der Waals surface area (Å²) in [6, 6.07) is 20.1. The van der Waals surface area contributed by atoms with E-state index in [4.69, 9.17) is 0 Å². The number of pyridine rings is 1. The van der Waals surface area contributed by atoms with E-state index in [9.17, 15) is 9.90 Å². The molecule has 2 aromatic carbocycles. The Labute approximate surface area is 163 Å². The van der Waals surface area contributed by atoms with Gasteiger partial charge in [0.2, 0.25) is 0 Å². The van der Waals surface area contributed by atoms with Crippen LogP contribution in [0.1, 0.15) is 28.4 Å². The number of rotatable bonds is 6. The van der Waals surface area contributed by atoms with Crippen LogP contribution in [0.25, 0.3) is 10.9 Å². The average Bonchev–Trinajstić information content (AvgIpc) is 3.11. The van der Waals surface area contributed by atoms with E-state index in [0.717, 1.165) is 35.1 Å². The minimum absolute atomic E-state index is 0.182. The third-order valence-electron chi connectivity index (χ3n) is 4.81. The summed E-state index contributed by atoms with van der Waals surface area (Å²) in [4.78, 5) is 15.9. The highest BCUT2D eigenvalue weighted by atomic mass is 16.4. The zero-order valence-electron chi connectivity index (χ0n) is 15.6. The van der Waals surface area contributed by atoms with E-state index >= 15 is 0 Å². The van der Waals surface area contributed by atoms with E-state index in [-0.39, 0.29) is 5.56 Å². The second-order valence-corrected chi connectivity index (χ2v) is 6.73. The molecular weight excluding hydrogens is 350 g/mol. The topological polar surface area (TPSA) is 67.2 Å². The summed E-state index contributed by atoms with van der Waals surface area (Å²) in [6.45, 7) is 2.78. The molecule has 0 atom stereocenters. The lowest BCUT2D eigenvalue weighted by Crippen LogP contribution is -2.06. The number of benzene rings is 2. The summed E-state index contributed by atoms with van der Waals surface area (Å²) in [7, 11) is 0. The first kappa shape index (κ1) is 17.8. The number of carbonyl (C=O) groups is 1. The predicted molar refractivity (Wildman–Crippen MR) is 111 cm³/mol. The van der Waals surface area contributed by atoms with Gasteiger partial charge in [-0.05, 0) is 47.9 Å². The van der Waals surface area contributed by atoms with E-state index in [1.807, 2.05) is 43.3 Å². The third-order valence-corrected chi connectivity index (χ3v) is 4.81. The second-order valence-electron chi connectivity index (χ2n) is 6.73. The van der Waals surface area contributed by atoms with Crippen molar-refractivity contribution in [1.82, 2.24) is 9.55 Å². The molecule has 28 heavy (non-hydrogen) atoms. The fourth-order valence-electron chi connectivity index (χ4n) is 3.30. The van der Waals surface area contributed by atoms with Crippen molar-refractivity contribution in [2.75, 3.05) is 5.32 Å². The molecule has 0 aliphatic carbocycles. The Balaban J connectivity index is 1.62. The smallest absolute Gasteiger partial charge is 0.339 e. The van der Waals surface area contributed by atoms with Crippen molar-refractivity contribution >= 4 is 28.4 Å². The number of hydrogen-bond acceptors (Lipinski definition) is 3. The Morgan fingerprint density at radius 3 is 2.64 bits per heavy atom. The van der Waals surface area contributed by atoms with Crippen molar-refractivity contribution in [3.05, 3.63) is 89.7 Å². The second kappa shape index (κ2) is 7.56. The minimum atomic E-state index is -0.986. The van der Waals surface area contributed by atoms with Crippen LogP contribution >= 0.6 is 0 Å². The lowest BCUT2D eigenvalue weighted by Gasteiger charge is -2.11. The molecule has 0 aliphatic heterocycles. The van der Waals surface area contributed by atoms with E-state index in [0.29, 0.717) is 5.82 Å². The highest BCUT2D eigenvalue weighted by molar-refractivity contribution is 5.94. The highest BCUT2D eigenvalue weighted by Crippen LogP contribution is 2.25.